The van der Waals surface area contributed by atoms with E-state index in [1.807, 2.05) is 18.2 Å². The van der Waals surface area contributed by atoms with Crippen LogP contribution < -0.4 is 10.6 Å². The van der Waals surface area contributed by atoms with Crippen molar-refractivity contribution in [2.24, 2.45) is 5.92 Å². The zero-order chi connectivity index (χ0) is 18.8. The Kier molecular flexibility index (Phi) is 7.87. The molecule has 138 valence electrons. The summed E-state index contributed by atoms with van der Waals surface area (Å²) in [7, 11) is 0. The molecule has 2 amide bonds. The van der Waals surface area contributed by atoms with Crippen LogP contribution in [0.25, 0.3) is 0 Å². The molecule has 0 aromatic heterocycles. The van der Waals surface area contributed by atoms with Crippen molar-refractivity contribution in [2.75, 3.05) is 11.9 Å². The van der Waals surface area contributed by atoms with E-state index >= 15 is 0 Å². The second kappa shape index (κ2) is 10.4. The van der Waals surface area contributed by atoms with Crippen LogP contribution in [0.5, 0.6) is 0 Å². The third-order valence-electron chi connectivity index (χ3n) is 4.54. The van der Waals surface area contributed by atoms with Gasteiger partial charge in [0.15, 0.2) is 0 Å². The Hall–Kier alpha value is -2.62. The molecule has 0 fully saturated rings. The van der Waals surface area contributed by atoms with Crippen molar-refractivity contribution in [1.82, 2.24) is 5.32 Å². The zero-order valence-corrected chi connectivity index (χ0v) is 15.6. The molecule has 0 saturated heterocycles. The molecule has 2 aromatic carbocycles. The van der Waals surface area contributed by atoms with Gasteiger partial charge in [-0.3, -0.25) is 9.59 Å². The van der Waals surface area contributed by atoms with Gasteiger partial charge in [-0.1, -0.05) is 51.3 Å². The van der Waals surface area contributed by atoms with Gasteiger partial charge < -0.3 is 10.6 Å². The topological polar surface area (TPSA) is 58.2 Å². The average Bonchev–Trinajstić information content (AvgIpc) is 2.69. The first-order valence-corrected chi connectivity index (χ1v) is 9.38. The van der Waals surface area contributed by atoms with Crippen LogP contribution in [-0.2, 0) is 0 Å². The summed E-state index contributed by atoms with van der Waals surface area (Å²) in [5.41, 5.74) is 1.88. The van der Waals surface area contributed by atoms with Crippen LogP contribution in [0.3, 0.4) is 0 Å². The average molecular weight is 352 g/mol. The van der Waals surface area contributed by atoms with Crippen LogP contribution in [0.4, 0.5) is 5.69 Å². The Morgan fingerprint density at radius 2 is 1.54 bits per heavy atom. The lowest BCUT2D eigenvalue weighted by molar-refractivity contribution is 0.0945. The SMILES string of the molecule is CCCCC(CC)CNC(=O)c1ccc(NC(=O)c2ccccc2)cc1. The van der Waals surface area contributed by atoms with Crippen molar-refractivity contribution >= 4 is 17.5 Å². The summed E-state index contributed by atoms with van der Waals surface area (Å²) < 4.78 is 0. The Morgan fingerprint density at radius 3 is 2.15 bits per heavy atom. The molecular formula is C22H28N2O2. The fourth-order valence-electron chi connectivity index (χ4n) is 2.78. The summed E-state index contributed by atoms with van der Waals surface area (Å²) in [6, 6.07) is 16.0. The Bertz CT molecular complexity index is 696. The quantitative estimate of drug-likeness (QED) is 0.675. The monoisotopic (exact) mass is 352 g/mol. The molecule has 0 heterocycles. The van der Waals surface area contributed by atoms with E-state index < -0.39 is 0 Å². The number of amides is 2. The van der Waals surface area contributed by atoms with Crippen molar-refractivity contribution in [1.29, 1.82) is 0 Å². The van der Waals surface area contributed by atoms with Crippen molar-refractivity contribution < 1.29 is 9.59 Å². The first kappa shape index (κ1) is 19.7. The van der Waals surface area contributed by atoms with Crippen molar-refractivity contribution in [2.45, 2.75) is 39.5 Å². The summed E-state index contributed by atoms with van der Waals surface area (Å²) in [5.74, 6) is 0.300. The van der Waals surface area contributed by atoms with E-state index in [1.165, 1.54) is 12.8 Å². The van der Waals surface area contributed by atoms with Gasteiger partial charge in [-0.2, -0.15) is 0 Å². The molecular weight excluding hydrogens is 324 g/mol. The molecule has 4 heteroatoms. The van der Waals surface area contributed by atoms with E-state index in [0.717, 1.165) is 12.8 Å². The summed E-state index contributed by atoms with van der Waals surface area (Å²) in [6.07, 6.45) is 4.60. The second-order valence-corrected chi connectivity index (χ2v) is 6.52. The van der Waals surface area contributed by atoms with Gasteiger partial charge in [0.2, 0.25) is 0 Å². The first-order valence-electron chi connectivity index (χ1n) is 9.38. The highest BCUT2D eigenvalue weighted by atomic mass is 16.2. The second-order valence-electron chi connectivity index (χ2n) is 6.52. The molecule has 0 aliphatic rings. The van der Waals surface area contributed by atoms with E-state index in [9.17, 15) is 9.59 Å². The fraction of sp³-hybridized carbons (Fsp3) is 0.364. The van der Waals surface area contributed by atoms with Gasteiger partial charge in [0.05, 0.1) is 0 Å². The van der Waals surface area contributed by atoms with Gasteiger partial charge in [-0.05, 0) is 48.7 Å². The minimum Gasteiger partial charge on any atom is -0.352 e. The Labute approximate surface area is 156 Å². The van der Waals surface area contributed by atoms with Crippen LogP contribution in [0.1, 0.15) is 60.2 Å². The lowest BCUT2D eigenvalue weighted by Crippen LogP contribution is -2.29. The number of unbranched alkanes of at least 4 members (excludes halogenated alkanes) is 1. The van der Waals surface area contributed by atoms with Gasteiger partial charge in [0, 0.05) is 23.4 Å². The molecule has 0 aliphatic carbocycles. The van der Waals surface area contributed by atoms with E-state index in [0.29, 0.717) is 29.3 Å². The van der Waals surface area contributed by atoms with Crippen molar-refractivity contribution in [3.63, 3.8) is 0 Å². The molecule has 1 atom stereocenters. The number of hydrogen-bond acceptors (Lipinski definition) is 2. The predicted octanol–water partition coefficient (Wildman–Crippen LogP) is 4.89. The smallest absolute Gasteiger partial charge is 0.255 e. The third-order valence-corrected chi connectivity index (χ3v) is 4.54. The molecule has 0 bridgehead atoms. The zero-order valence-electron chi connectivity index (χ0n) is 15.6. The highest BCUT2D eigenvalue weighted by molar-refractivity contribution is 6.04. The summed E-state index contributed by atoms with van der Waals surface area (Å²) in [5, 5.41) is 5.85. The minimum atomic E-state index is -0.162. The number of rotatable bonds is 9. The van der Waals surface area contributed by atoms with Gasteiger partial charge in [-0.25, -0.2) is 0 Å². The minimum absolute atomic E-state index is 0.0686. The number of benzene rings is 2. The van der Waals surface area contributed by atoms with E-state index in [-0.39, 0.29) is 11.8 Å². The van der Waals surface area contributed by atoms with Gasteiger partial charge in [0.25, 0.3) is 11.8 Å². The maximum atomic E-state index is 12.3. The van der Waals surface area contributed by atoms with Crippen molar-refractivity contribution in [3.05, 3.63) is 65.7 Å². The molecule has 2 aromatic rings. The number of carbonyl (C=O) groups is 2. The third kappa shape index (κ3) is 6.03. The van der Waals surface area contributed by atoms with Crippen LogP contribution in [0, 0.1) is 5.92 Å². The maximum Gasteiger partial charge on any atom is 0.255 e. The molecule has 0 saturated carbocycles. The normalized spacial score (nSPS) is 11.6. The first-order chi connectivity index (χ1) is 12.6. The maximum absolute atomic E-state index is 12.3. The molecule has 2 N–H and O–H groups in total. The predicted molar refractivity (Wildman–Crippen MR) is 106 cm³/mol. The molecule has 1 unspecified atom stereocenters. The lowest BCUT2D eigenvalue weighted by atomic mass is 9.99. The molecule has 26 heavy (non-hydrogen) atoms. The van der Waals surface area contributed by atoms with E-state index in [1.54, 1.807) is 36.4 Å². The van der Waals surface area contributed by atoms with Crippen molar-refractivity contribution in [3.8, 4) is 0 Å². The molecule has 0 spiro atoms. The number of hydrogen-bond donors (Lipinski definition) is 2. The fourth-order valence-corrected chi connectivity index (χ4v) is 2.78. The van der Waals surface area contributed by atoms with Crippen LogP contribution in [0.2, 0.25) is 0 Å². The van der Waals surface area contributed by atoms with Crippen LogP contribution in [0.15, 0.2) is 54.6 Å². The molecule has 0 radical (unpaired) electrons. The van der Waals surface area contributed by atoms with Gasteiger partial charge >= 0.3 is 0 Å². The van der Waals surface area contributed by atoms with Crippen LogP contribution >= 0.6 is 0 Å². The molecule has 2 rings (SSSR count). The van der Waals surface area contributed by atoms with Crippen LogP contribution in [-0.4, -0.2) is 18.4 Å². The van der Waals surface area contributed by atoms with Gasteiger partial charge in [0.1, 0.15) is 0 Å². The number of nitrogens with one attached hydrogen (secondary N) is 2. The van der Waals surface area contributed by atoms with E-state index in [2.05, 4.69) is 24.5 Å². The number of carbonyl (C=O) groups excluding carboxylic acids is 2. The Balaban J connectivity index is 1.88. The molecule has 0 aliphatic heterocycles. The largest absolute Gasteiger partial charge is 0.352 e. The highest BCUT2D eigenvalue weighted by Crippen LogP contribution is 2.13. The Morgan fingerprint density at radius 1 is 0.885 bits per heavy atom. The summed E-state index contributed by atoms with van der Waals surface area (Å²) >= 11 is 0. The van der Waals surface area contributed by atoms with E-state index in [4.69, 9.17) is 0 Å². The standard InChI is InChI=1S/C22H28N2O2/c1-3-5-9-17(4-2)16-23-21(25)19-12-14-20(15-13-19)24-22(26)18-10-7-6-8-11-18/h6-8,10-15,17H,3-5,9,16H2,1-2H3,(H,23,25)(H,24,26). The number of anilines is 1. The summed E-state index contributed by atoms with van der Waals surface area (Å²) in [6.45, 7) is 5.06. The highest BCUT2D eigenvalue weighted by Gasteiger charge is 2.11. The van der Waals surface area contributed by atoms with Gasteiger partial charge in [-0.15, -0.1) is 0 Å². The summed E-state index contributed by atoms with van der Waals surface area (Å²) in [4.78, 5) is 24.4. The lowest BCUT2D eigenvalue weighted by Gasteiger charge is -2.15. The molecule has 4 nitrogen and oxygen atoms in total.